The summed E-state index contributed by atoms with van der Waals surface area (Å²) >= 11 is 0. The van der Waals surface area contributed by atoms with Gasteiger partial charge in [0, 0.05) is 24.7 Å². The van der Waals surface area contributed by atoms with Gasteiger partial charge in [-0.15, -0.1) is 12.4 Å². The third kappa shape index (κ3) is 3.71. The number of carboxylic acids is 1. The van der Waals surface area contributed by atoms with Gasteiger partial charge in [0.2, 0.25) is 0 Å². The number of nitrogens with zero attached hydrogens (tertiary/aromatic N) is 3. The van der Waals surface area contributed by atoms with Crippen LogP contribution in [0.25, 0.3) is 11.0 Å². The van der Waals surface area contributed by atoms with Crippen molar-refractivity contribution in [2.45, 2.75) is 6.23 Å². The zero-order valence-electron chi connectivity index (χ0n) is 13.8. The Morgan fingerprint density at radius 1 is 1.27 bits per heavy atom. The average molecular weight is 376 g/mol. The molecule has 1 aliphatic heterocycles. The highest BCUT2D eigenvalue weighted by Gasteiger charge is 2.21. The second-order valence-electron chi connectivity index (χ2n) is 5.80. The Hall–Kier alpha value is -2.84. The number of halogens is 1. The average Bonchev–Trinajstić information content (AvgIpc) is 3.10. The molecule has 1 fully saturated rings. The van der Waals surface area contributed by atoms with Crippen LogP contribution >= 0.6 is 12.4 Å². The number of hydrogen-bond donors (Lipinski definition) is 3. The molecular formula is C17H18ClN5O3. The molecule has 3 N–H and O–H groups in total. The van der Waals surface area contributed by atoms with Crippen LogP contribution in [0.2, 0.25) is 0 Å². The Morgan fingerprint density at radius 2 is 2.15 bits per heavy atom. The normalized spacial score (nSPS) is 16.9. The minimum atomic E-state index is -1.03. The van der Waals surface area contributed by atoms with E-state index >= 15 is 0 Å². The van der Waals surface area contributed by atoms with Crippen LogP contribution in [0, 0.1) is 0 Å². The van der Waals surface area contributed by atoms with E-state index < -0.39 is 5.97 Å². The third-order valence-corrected chi connectivity index (χ3v) is 4.13. The number of rotatable bonds is 4. The maximum absolute atomic E-state index is 10.9. The number of aromatic carboxylic acids is 1. The molecule has 0 aliphatic carbocycles. The Bertz CT molecular complexity index is 899. The van der Waals surface area contributed by atoms with Gasteiger partial charge in [0.1, 0.15) is 17.1 Å². The summed E-state index contributed by atoms with van der Waals surface area (Å²) in [5.41, 5.74) is 1.74. The number of anilines is 1. The van der Waals surface area contributed by atoms with Crippen molar-refractivity contribution in [2.75, 3.05) is 24.5 Å². The van der Waals surface area contributed by atoms with Gasteiger partial charge in [0.25, 0.3) is 0 Å². The fraction of sp³-hybridized carbons (Fsp3) is 0.235. The number of H-pyrrole nitrogens is 1. The summed E-state index contributed by atoms with van der Waals surface area (Å²) < 4.78 is 6.00. The molecule has 0 spiro atoms. The molecule has 0 saturated carbocycles. The van der Waals surface area contributed by atoms with Gasteiger partial charge in [-0.2, -0.15) is 0 Å². The molecule has 1 unspecified atom stereocenters. The standard InChI is InChI=1S/C17H17N5O3.ClH/c23-17(24)14-2-1-12(8-20-14)22-6-5-18-15(10-22)25-13-7-11-3-4-19-16(11)21-9-13;/h1-4,7-9,15,18H,5-6,10H2,(H,19,21)(H,23,24);1H. The summed E-state index contributed by atoms with van der Waals surface area (Å²) in [5, 5.41) is 13.3. The molecular weight excluding hydrogens is 358 g/mol. The van der Waals surface area contributed by atoms with Crippen LogP contribution in [0.15, 0.2) is 42.9 Å². The lowest BCUT2D eigenvalue weighted by Gasteiger charge is -2.34. The highest BCUT2D eigenvalue weighted by atomic mass is 35.5. The van der Waals surface area contributed by atoms with E-state index in [1.54, 1.807) is 18.5 Å². The summed E-state index contributed by atoms with van der Waals surface area (Å²) in [6.07, 6.45) is 4.93. The second kappa shape index (κ2) is 7.59. The quantitative estimate of drug-likeness (QED) is 0.639. The lowest BCUT2D eigenvalue weighted by atomic mass is 10.2. The Kier molecular flexibility index (Phi) is 5.24. The lowest BCUT2D eigenvalue weighted by molar-refractivity contribution is 0.0690. The van der Waals surface area contributed by atoms with Crippen molar-refractivity contribution >= 4 is 35.1 Å². The van der Waals surface area contributed by atoms with E-state index in [2.05, 4.69) is 25.2 Å². The van der Waals surface area contributed by atoms with Crippen LogP contribution in [-0.2, 0) is 0 Å². The van der Waals surface area contributed by atoms with Crippen LogP contribution in [0.4, 0.5) is 5.69 Å². The van der Waals surface area contributed by atoms with Crippen molar-refractivity contribution in [1.29, 1.82) is 0 Å². The monoisotopic (exact) mass is 375 g/mol. The number of carboxylic acid groups (broad SMARTS) is 1. The fourth-order valence-corrected chi connectivity index (χ4v) is 2.88. The molecule has 1 atom stereocenters. The topological polar surface area (TPSA) is 103 Å². The van der Waals surface area contributed by atoms with E-state index in [0.717, 1.165) is 29.8 Å². The third-order valence-electron chi connectivity index (χ3n) is 4.13. The van der Waals surface area contributed by atoms with Crippen molar-refractivity contribution in [3.8, 4) is 5.75 Å². The lowest BCUT2D eigenvalue weighted by Crippen LogP contribution is -2.53. The molecule has 4 rings (SSSR count). The molecule has 4 heterocycles. The summed E-state index contributed by atoms with van der Waals surface area (Å²) in [6.45, 7) is 2.17. The van der Waals surface area contributed by atoms with Gasteiger partial charge in [-0.05, 0) is 24.3 Å². The molecule has 136 valence electrons. The molecule has 8 nitrogen and oxygen atoms in total. The summed E-state index contributed by atoms with van der Waals surface area (Å²) in [6, 6.07) is 7.18. The highest BCUT2D eigenvalue weighted by Crippen LogP contribution is 2.20. The van der Waals surface area contributed by atoms with Crippen molar-refractivity contribution < 1.29 is 14.6 Å². The second-order valence-corrected chi connectivity index (χ2v) is 5.80. The molecule has 0 amide bonds. The number of aromatic amines is 1. The van der Waals surface area contributed by atoms with Gasteiger partial charge in [0.05, 0.1) is 24.6 Å². The van der Waals surface area contributed by atoms with Gasteiger partial charge < -0.3 is 19.7 Å². The minimum Gasteiger partial charge on any atom is -0.477 e. The van der Waals surface area contributed by atoms with Crippen molar-refractivity contribution in [3.05, 3.63) is 48.5 Å². The maximum Gasteiger partial charge on any atom is 0.354 e. The Morgan fingerprint density at radius 3 is 2.92 bits per heavy atom. The van der Waals surface area contributed by atoms with E-state index in [9.17, 15) is 4.79 Å². The largest absolute Gasteiger partial charge is 0.477 e. The van der Waals surface area contributed by atoms with Gasteiger partial charge in [-0.1, -0.05) is 0 Å². The molecule has 3 aromatic heterocycles. The van der Waals surface area contributed by atoms with Gasteiger partial charge in [-0.3, -0.25) is 5.32 Å². The summed E-state index contributed by atoms with van der Waals surface area (Å²) in [4.78, 5) is 24.4. The molecule has 0 aromatic carbocycles. The first-order valence-electron chi connectivity index (χ1n) is 7.96. The van der Waals surface area contributed by atoms with E-state index in [1.807, 2.05) is 18.3 Å². The molecule has 0 radical (unpaired) electrons. The van der Waals surface area contributed by atoms with Gasteiger partial charge >= 0.3 is 5.97 Å². The van der Waals surface area contributed by atoms with Crippen molar-refractivity contribution in [1.82, 2.24) is 20.3 Å². The van der Waals surface area contributed by atoms with Crippen LogP contribution in [-0.4, -0.2) is 51.9 Å². The zero-order valence-corrected chi connectivity index (χ0v) is 14.6. The van der Waals surface area contributed by atoms with Crippen molar-refractivity contribution in [2.24, 2.45) is 0 Å². The number of ether oxygens (including phenoxy) is 1. The molecule has 0 bridgehead atoms. The van der Waals surface area contributed by atoms with E-state index in [4.69, 9.17) is 9.84 Å². The molecule has 26 heavy (non-hydrogen) atoms. The van der Waals surface area contributed by atoms with Crippen LogP contribution < -0.4 is 15.0 Å². The Labute approximate surface area is 155 Å². The number of aromatic nitrogens is 3. The highest BCUT2D eigenvalue weighted by molar-refractivity contribution is 5.85. The molecule has 1 aliphatic rings. The smallest absolute Gasteiger partial charge is 0.354 e. The maximum atomic E-state index is 10.9. The minimum absolute atomic E-state index is 0. The summed E-state index contributed by atoms with van der Waals surface area (Å²) in [7, 11) is 0. The van der Waals surface area contributed by atoms with Gasteiger partial charge in [-0.25, -0.2) is 14.8 Å². The zero-order chi connectivity index (χ0) is 17.2. The first-order chi connectivity index (χ1) is 12.2. The van der Waals surface area contributed by atoms with Crippen LogP contribution in [0.1, 0.15) is 10.5 Å². The molecule has 3 aromatic rings. The molecule has 1 saturated heterocycles. The number of fused-ring (bicyclic) bond motifs is 1. The summed E-state index contributed by atoms with van der Waals surface area (Å²) in [5.74, 6) is -0.327. The first-order valence-corrected chi connectivity index (χ1v) is 7.96. The van der Waals surface area contributed by atoms with Crippen LogP contribution in [0.5, 0.6) is 5.75 Å². The number of nitrogens with one attached hydrogen (secondary N) is 2. The van der Waals surface area contributed by atoms with Crippen LogP contribution in [0.3, 0.4) is 0 Å². The molecule has 9 heteroatoms. The van der Waals surface area contributed by atoms with E-state index in [-0.39, 0.29) is 24.3 Å². The fourth-order valence-electron chi connectivity index (χ4n) is 2.88. The number of piperazine rings is 1. The van der Waals surface area contributed by atoms with Gasteiger partial charge in [0.15, 0.2) is 6.23 Å². The van der Waals surface area contributed by atoms with Crippen molar-refractivity contribution in [3.63, 3.8) is 0 Å². The van der Waals surface area contributed by atoms with E-state index in [1.165, 1.54) is 6.07 Å². The number of hydrogen-bond acceptors (Lipinski definition) is 6. The number of pyridine rings is 2. The SMILES string of the molecule is Cl.O=C(O)c1ccc(N2CCNC(Oc3cnc4[nH]ccc4c3)C2)cn1. The predicted octanol–water partition coefficient (Wildman–Crippen LogP) is 1.89. The first kappa shape index (κ1) is 18.0. The van der Waals surface area contributed by atoms with E-state index in [0.29, 0.717) is 12.3 Å². The Balaban J connectivity index is 0.00000196. The number of carbonyl (C=O) groups is 1. The predicted molar refractivity (Wildman–Crippen MR) is 99.2 cm³/mol.